The number of aliphatic hydroxyl groups excluding tert-OH is 2. The standard InChI is InChI=1S/C8H9NO3/c10-5-7(11)8(12)6-2-1-3-9-4-6/h1-4,8,10,12H,5H2. The van der Waals surface area contributed by atoms with Crippen molar-refractivity contribution in [3.63, 3.8) is 0 Å². The number of nitrogens with zero attached hydrogens (tertiary/aromatic N) is 1. The van der Waals surface area contributed by atoms with E-state index in [1.54, 1.807) is 18.3 Å². The molecule has 64 valence electrons. The highest BCUT2D eigenvalue weighted by Crippen LogP contribution is 2.10. The SMILES string of the molecule is O=C(CO)C(O)c1cccnc1. The van der Waals surface area contributed by atoms with Gasteiger partial charge < -0.3 is 10.2 Å². The van der Waals surface area contributed by atoms with Crippen LogP contribution in [0.3, 0.4) is 0 Å². The van der Waals surface area contributed by atoms with Gasteiger partial charge in [0.05, 0.1) is 0 Å². The van der Waals surface area contributed by atoms with Crippen LogP contribution >= 0.6 is 0 Å². The first-order chi connectivity index (χ1) is 5.75. The predicted octanol–water partition coefficient (Wildman–Crippen LogP) is -0.324. The molecule has 0 aliphatic rings. The van der Waals surface area contributed by atoms with Gasteiger partial charge in [-0.2, -0.15) is 0 Å². The Morgan fingerprint density at radius 2 is 2.42 bits per heavy atom. The Balaban J connectivity index is 2.78. The van der Waals surface area contributed by atoms with Gasteiger partial charge in [0.15, 0.2) is 5.78 Å². The van der Waals surface area contributed by atoms with Gasteiger partial charge in [-0.25, -0.2) is 0 Å². The van der Waals surface area contributed by atoms with Crippen molar-refractivity contribution in [3.8, 4) is 0 Å². The van der Waals surface area contributed by atoms with Gasteiger partial charge in [0.25, 0.3) is 0 Å². The molecule has 0 spiro atoms. The zero-order valence-corrected chi connectivity index (χ0v) is 6.34. The quantitative estimate of drug-likeness (QED) is 0.647. The minimum Gasteiger partial charge on any atom is -0.388 e. The Bertz CT molecular complexity index is 260. The Kier molecular flexibility index (Phi) is 2.90. The maximum absolute atomic E-state index is 10.8. The van der Waals surface area contributed by atoms with Gasteiger partial charge >= 0.3 is 0 Å². The topological polar surface area (TPSA) is 70.4 Å². The van der Waals surface area contributed by atoms with E-state index in [-0.39, 0.29) is 0 Å². The third-order valence-corrected chi connectivity index (χ3v) is 1.46. The number of carbonyl (C=O) groups is 1. The predicted molar refractivity (Wildman–Crippen MR) is 41.3 cm³/mol. The second-order valence-corrected chi connectivity index (χ2v) is 2.31. The molecule has 1 heterocycles. The summed E-state index contributed by atoms with van der Waals surface area (Å²) in [6.45, 7) is -0.657. The summed E-state index contributed by atoms with van der Waals surface area (Å²) in [6, 6.07) is 3.19. The lowest BCUT2D eigenvalue weighted by Gasteiger charge is -2.06. The average molecular weight is 167 g/mol. The number of aliphatic hydroxyl groups is 2. The number of pyridine rings is 1. The Labute approximate surface area is 69.5 Å². The maximum atomic E-state index is 10.8. The van der Waals surface area contributed by atoms with E-state index in [0.29, 0.717) is 5.56 Å². The third-order valence-electron chi connectivity index (χ3n) is 1.46. The van der Waals surface area contributed by atoms with E-state index in [2.05, 4.69) is 4.98 Å². The van der Waals surface area contributed by atoms with Gasteiger partial charge in [-0.05, 0) is 6.07 Å². The first kappa shape index (κ1) is 8.83. The number of ketones is 1. The lowest BCUT2D eigenvalue weighted by atomic mass is 10.1. The molecule has 1 aromatic heterocycles. The minimum atomic E-state index is -1.26. The summed E-state index contributed by atoms with van der Waals surface area (Å²) in [4.78, 5) is 14.5. The summed E-state index contributed by atoms with van der Waals surface area (Å²) in [7, 11) is 0. The molecule has 0 aliphatic heterocycles. The highest BCUT2D eigenvalue weighted by molar-refractivity contribution is 5.84. The molecule has 4 heteroatoms. The van der Waals surface area contributed by atoms with Crippen LogP contribution in [0.2, 0.25) is 0 Å². The molecule has 0 bridgehead atoms. The largest absolute Gasteiger partial charge is 0.388 e. The number of carbonyl (C=O) groups excluding carboxylic acids is 1. The normalized spacial score (nSPS) is 12.5. The first-order valence-electron chi connectivity index (χ1n) is 3.47. The van der Waals surface area contributed by atoms with E-state index in [0.717, 1.165) is 0 Å². The monoisotopic (exact) mass is 167 g/mol. The molecule has 1 unspecified atom stereocenters. The van der Waals surface area contributed by atoms with Crippen molar-refractivity contribution >= 4 is 5.78 Å². The van der Waals surface area contributed by atoms with Crippen LogP contribution in [-0.2, 0) is 4.79 Å². The Morgan fingerprint density at radius 1 is 1.67 bits per heavy atom. The van der Waals surface area contributed by atoms with Crippen molar-refractivity contribution in [2.24, 2.45) is 0 Å². The van der Waals surface area contributed by atoms with E-state index in [1.165, 1.54) is 6.20 Å². The molecule has 0 aliphatic carbocycles. The number of Topliss-reactive ketones (excluding diaryl/α,β-unsaturated/α-hetero) is 1. The van der Waals surface area contributed by atoms with E-state index < -0.39 is 18.5 Å². The van der Waals surface area contributed by atoms with E-state index in [1.807, 2.05) is 0 Å². The lowest BCUT2D eigenvalue weighted by Crippen LogP contribution is -2.15. The van der Waals surface area contributed by atoms with Gasteiger partial charge in [0.2, 0.25) is 0 Å². The molecule has 1 atom stereocenters. The molecule has 1 aromatic rings. The van der Waals surface area contributed by atoms with Crippen molar-refractivity contribution in [2.45, 2.75) is 6.10 Å². The van der Waals surface area contributed by atoms with E-state index >= 15 is 0 Å². The van der Waals surface area contributed by atoms with E-state index in [4.69, 9.17) is 5.11 Å². The summed E-state index contributed by atoms with van der Waals surface area (Å²) in [5, 5.41) is 17.7. The molecule has 1 rings (SSSR count). The average Bonchev–Trinajstić information content (AvgIpc) is 2.17. The molecule has 2 N–H and O–H groups in total. The molecule has 4 nitrogen and oxygen atoms in total. The van der Waals surface area contributed by atoms with Crippen molar-refractivity contribution in [1.29, 1.82) is 0 Å². The molecule has 0 aromatic carbocycles. The molecule has 0 saturated carbocycles. The number of aromatic nitrogens is 1. The van der Waals surface area contributed by atoms with Gasteiger partial charge in [-0.1, -0.05) is 6.07 Å². The van der Waals surface area contributed by atoms with Gasteiger partial charge in [-0.3, -0.25) is 9.78 Å². The first-order valence-corrected chi connectivity index (χ1v) is 3.47. The van der Waals surface area contributed by atoms with Gasteiger partial charge in [0, 0.05) is 18.0 Å². The molecule has 0 fully saturated rings. The van der Waals surface area contributed by atoms with Gasteiger partial charge in [0.1, 0.15) is 12.7 Å². The fourth-order valence-corrected chi connectivity index (χ4v) is 0.810. The summed E-state index contributed by atoms with van der Waals surface area (Å²) in [6.07, 6.45) is 1.67. The van der Waals surface area contributed by atoms with Crippen LogP contribution in [0.25, 0.3) is 0 Å². The zero-order valence-electron chi connectivity index (χ0n) is 6.34. The van der Waals surface area contributed by atoms with Crippen LogP contribution in [0, 0.1) is 0 Å². The van der Waals surface area contributed by atoms with Crippen molar-refractivity contribution in [2.75, 3.05) is 6.61 Å². The summed E-state index contributed by atoms with van der Waals surface area (Å²) in [5.74, 6) is -0.622. The highest BCUT2D eigenvalue weighted by atomic mass is 16.3. The summed E-state index contributed by atoms with van der Waals surface area (Å²) in [5.41, 5.74) is 0.400. The van der Waals surface area contributed by atoms with Crippen molar-refractivity contribution in [3.05, 3.63) is 30.1 Å². The van der Waals surface area contributed by atoms with Crippen LogP contribution in [0.1, 0.15) is 11.7 Å². The number of rotatable bonds is 3. The zero-order chi connectivity index (χ0) is 8.97. The Hall–Kier alpha value is -1.26. The van der Waals surface area contributed by atoms with Crippen molar-refractivity contribution in [1.82, 2.24) is 4.98 Å². The summed E-state index contributed by atoms with van der Waals surface area (Å²) >= 11 is 0. The second-order valence-electron chi connectivity index (χ2n) is 2.31. The molecular formula is C8H9NO3. The van der Waals surface area contributed by atoms with E-state index in [9.17, 15) is 9.90 Å². The highest BCUT2D eigenvalue weighted by Gasteiger charge is 2.15. The minimum absolute atomic E-state index is 0.400. The van der Waals surface area contributed by atoms with Crippen LogP contribution in [0.15, 0.2) is 24.5 Å². The van der Waals surface area contributed by atoms with Crippen molar-refractivity contribution < 1.29 is 15.0 Å². The molecule has 12 heavy (non-hydrogen) atoms. The maximum Gasteiger partial charge on any atom is 0.191 e. The fourth-order valence-electron chi connectivity index (χ4n) is 0.810. The Morgan fingerprint density at radius 3 is 2.92 bits per heavy atom. The summed E-state index contributed by atoms with van der Waals surface area (Å²) < 4.78 is 0. The molecule has 0 radical (unpaired) electrons. The molecule has 0 saturated heterocycles. The lowest BCUT2D eigenvalue weighted by molar-refractivity contribution is -0.130. The number of hydrogen-bond donors (Lipinski definition) is 2. The fraction of sp³-hybridized carbons (Fsp3) is 0.250. The molecular weight excluding hydrogens is 158 g/mol. The van der Waals surface area contributed by atoms with Crippen LogP contribution in [0.4, 0.5) is 0 Å². The van der Waals surface area contributed by atoms with Crippen LogP contribution < -0.4 is 0 Å². The second kappa shape index (κ2) is 3.94. The van der Waals surface area contributed by atoms with Crippen LogP contribution in [0.5, 0.6) is 0 Å². The van der Waals surface area contributed by atoms with Gasteiger partial charge in [-0.15, -0.1) is 0 Å². The third kappa shape index (κ3) is 1.87. The van der Waals surface area contributed by atoms with Crippen LogP contribution in [-0.4, -0.2) is 27.6 Å². The number of hydrogen-bond acceptors (Lipinski definition) is 4. The smallest absolute Gasteiger partial charge is 0.191 e. The molecule has 0 amide bonds.